The highest BCUT2D eigenvalue weighted by Crippen LogP contribution is 2.43. The van der Waals surface area contributed by atoms with E-state index in [9.17, 15) is 14.4 Å². The maximum atomic E-state index is 13.1. The molecule has 6 nitrogen and oxygen atoms in total. The number of hydrogen-bond acceptors (Lipinski definition) is 6. The van der Waals surface area contributed by atoms with Crippen molar-refractivity contribution in [2.75, 3.05) is 20.8 Å². The molecule has 0 radical (unpaired) electrons. The number of esters is 2. The Morgan fingerprint density at radius 2 is 1.62 bits per heavy atom. The third-order valence-corrected chi connectivity index (χ3v) is 5.11. The van der Waals surface area contributed by atoms with Crippen LogP contribution in [0.5, 0.6) is 0 Å². The van der Waals surface area contributed by atoms with Gasteiger partial charge in [0.1, 0.15) is 0 Å². The van der Waals surface area contributed by atoms with Gasteiger partial charge in [0.05, 0.1) is 32.1 Å². The molecule has 3 rings (SSSR count). The van der Waals surface area contributed by atoms with Gasteiger partial charge >= 0.3 is 11.9 Å². The van der Waals surface area contributed by atoms with Gasteiger partial charge in [0.25, 0.3) is 0 Å². The quantitative estimate of drug-likeness (QED) is 0.611. The van der Waals surface area contributed by atoms with Gasteiger partial charge in [-0.15, -0.1) is 0 Å². The maximum absolute atomic E-state index is 13.1. The fourth-order valence-electron chi connectivity index (χ4n) is 4.13. The molecule has 4 atom stereocenters. The summed E-state index contributed by atoms with van der Waals surface area (Å²) in [5, 5.41) is 0. The first-order valence-corrected chi connectivity index (χ1v) is 8.10. The highest BCUT2D eigenvalue weighted by atomic mass is 16.5. The summed E-state index contributed by atoms with van der Waals surface area (Å²) in [6.07, 6.45) is 1.66. The Balaban J connectivity index is 2.02. The van der Waals surface area contributed by atoms with Crippen molar-refractivity contribution in [1.82, 2.24) is 4.90 Å². The average molecular weight is 331 g/mol. The first-order valence-electron chi connectivity index (χ1n) is 8.10. The minimum atomic E-state index is -0.833. The number of ketones is 1. The van der Waals surface area contributed by atoms with Crippen LogP contribution in [0.4, 0.5) is 0 Å². The zero-order valence-corrected chi connectivity index (χ0v) is 13.8. The van der Waals surface area contributed by atoms with Crippen molar-refractivity contribution in [3.8, 4) is 0 Å². The number of benzene rings is 1. The van der Waals surface area contributed by atoms with Gasteiger partial charge in [0.2, 0.25) is 0 Å². The molecule has 128 valence electrons. The first-order chi connectivity index (χ1) is 11.6. The van der Waals surface area contributed by atoms with Crippen LogP contribution >= 0.6 is 0 Å². The molecular formula is C18H21NO5. The smallest absolute Gasteiger partial charge is 0.311 e. The maximum Gasteiger partial charge on any atom is 0.311 e. The van der Waals surface area contributed by atoms with Crippen LogP contribution in [0.2, 0.25) is 0 Å². The minimum absolute atomic E-state index is 0.149. The van der Waals surface area contributed by atoms with E-state index in [1.165, 1.54) is 14.2 Å². The Hall–Kier alpha value is -2.21. The first kappa shape index (κ1) is 16.6. The van der Waals surface area contributed by atoms with E-state index in [1.807, 2.05) is 11.0 Å². The summed E-state index contributed by atoms with van der Waals surface area (Å²) in [4.78, 5) is 39.8. The zero-order valence-electron chi connectivity index (χ0n) is 13.8. The molecule has 0 unspecified atom stereocenters. The van der Waals surface area contributed by atoms with Crippen LogP contribution in [0.3, 0.4) is 0 Å². The van der Waals surface area contributed by atoms with Gasteiger partial charge in [-0.1, -0.05) is 30.3 Å². The van der Waals surface area contributed by atoms with Gasteiger partial charge in [0.15, 0.2) is 5.78 Å². The molecule has 0 spiro atoms. The highest BCUT2D eigenvalue weighted by molar-refractivity contribution is 6.04. The minimum Gasteiger partial charge on any atom is -0.469 e. The van der Waals surface area contributed by atoms with E-state index >= 15 is 0 Å². The standard InChI is InChI=1S/C18H21NO5/c1-23-17(21)13-12-9-6-10-19(12)15(14(13)18(22)24-2)16(20)11-7-4-3-5-8-11/h3-5,7-8,12-15H,6,9-10H2,1-2H3/t12-,13+,14+,15+/m1/s1. The topological polar surface area (TPSA) is 72.9 Å². The summed E-state index contributed by atoms with van der Waals surface area (Å²) in [6, 6.07) is 8.03. The molecular weight excluding hydrogens is 310 g/mol. The Morgan fingerprint density at radius 1 is 1.00 bits per heavy atom. The molecule has 0 bridgehead atoms. The van der Waals surface area contributed by atoms with Gasteiger partial charge in [0, 0.05) is 11.6 Å². The van der Waals surface area contributed by atoms with Crippen LogP contribution in [0.25, 0.3) is 0 Å². The predicted octanol–water partition coefficient (Wildman–Crippen LogP) is 1.29. The number of fused-ring (bicyclic) bond motifs is 1. The Kier molecular flexibility index (Phi) is 4.66. The van der Waals surface area contributed by atoms with E-state index in [1.54, 1.807) is 24.3 Å². The van der Waals surface area contributed by atoms with Crippen molar-refractivity contribution in [3.05, 3.63) is 35.9 Å². The lowest BCUT2D eigenvalue weighted by molar-refractivity contribution is -0.156. The molecule has 0 amide bonds. The summed E-state index contributed by atoms with van der Waals surface area (Å²) < 4.78 is 9.83. The third-order valence-electron chi connectivity index (χ3n) is 5.11. The molecule has 0 saturated carbocycles. The van der Waals surface area contributed by atoms with E-state index in [0.29, 0.717) is 12.1 Å². The molecule has 1 aromatic carbocycles. The third kappa shape index (κ3) is 2.60. The van der Waals surface area contributed by atoms with E-state index in [4.69, 9.17) is 9.47 Å². The molecule has 1 aromatic rings. The van der Waals surface area contributed by atoms with Crippen LogP contribution in [0.15, 0.2) is 30.3 Å². The summed E-state index contributed by atoms with van der Waals surface area (Å²) in [5.74, 6) is -2.63. The molecule has 2 heterocycles. The van der Waals surface area contributed by atoms with E-state index in [2.05, 4.69) is 0 Å². The average Bonchev–Trinajstić information content (AvgIpc) is 3.20. The van der Waals surface area contributed by atoms with E-state index in [0.717, 1.165) is 12.8 Å². The van der Waals surface area contributed by atoms with Gasteiger partial charge in [-0.05, 0) is 19.4 Å². The highest BCUT2D eigenvalue weighted by Gasteiger charge is 2.59. The molecule has 2 aliphatic rings. The fourth-order valence-corrected chi connectivity index (χ4v) is 4.13. The molecule has 6 heteroatoms. The molecule has 0 aliphatic carbocycles. The normalized spacial score (nSPS) is 29.1. The molecule has 2 fully saturated rings. The fraction of sp³-hybridized carbons (Fsp3) is 0.500. The van der Waals surface area contributed by atoms with Crippen LogP contribution < -0.4 is 0 Å². The summed E-state index contributed by atoms with van der Waals surface area (Å²) in [7, 11) is 2.59. The van der Waals surface area contributed by atoms with Gasteiger partial charge in [-0.2, -0.15) is 0 Å². The van der Waals surface area contributed by atoms with Crippen molar-refractivity contribution in [2.45, 2.75) is 24.9 Å². The zero-order chi connectivity index (χ0) is 17.3. The van der Waals surface area contributed by atoms with E-state index in [-0.39, 0.29) is 11.8 Å². The molecule has 0 N–H and O–H groups in total. The molecule has 2 saturated heterocycles. The Labute approximate surface area is 140 Å². The summed E-state index contributed by atoms with van der Waals surface area (Å²) >= 11 is 0. The number of rotatable bonds is 4. The summed E-state index contributed by atoms with van der Waals surface area (Å²) in [6.45, 7) is 0.689. The monoisotopic (exact) mass is 331 g/mol. The van der Waals surface area contributed by atoms with Crippen LogP contribution in [0.1, 0.15) is 23.2 Å². The van der Waals surface area contributed by atoms with Crippen molar-refractivity contribution in [1.29, 1.82) is 0 Å². The lowest BCUT2D eigenvalue weighted by Crippen LogP contribution is -2.43. The van der Waals surface area contributed by atoms with Gasteiger partial charge in [-0.25, -0.2) is 0 Å². The second kappa shape index (κ2) is 6.73. The van der Waals surface area contributed by atoms with Crippen molar-refractivity contribution < 1.29 is 23.9 Å². The number of Topliss-reactive ketones (excluding diaryl/α,β-unsaturated/α-hetero) is 1. The number of methoxy groups -OCH3 is 2. The predicted molar refractivity (Wildman–Crippen MR) is 85.3 cm³/mol. The largest absolute Gasteiger partial charge is 0.469 e. The van der Waals surface area contributed by atoms with Gasteiger partial charge < -0.3 is 9.47 Å². The number of ether oxygens (including phenoxy) is 2. The molecule has 2 aliphatic heterocycles. The molecule has 24 heavy (non-hydrogen) atoms. The van der Waals surface area contributed by atoms with Crippen LogP contribution in [0, 0.1) is 11.8 Å². The SMILES string of the molecule is COC(=O)[C@@H]1[C@H](C(=O)OC)[C@@H](C(=O)c2ccccc2)N2CCC[C@H]12. The lowest BCUT2D eigenvalue weighted by atomic mass is 9.83. The van der Waals surface area contributed by atoms with Crippen molar-refractivity contribution in [2.24, 2.45) is 11.8 Å². The summed E-state index contributed by atoms with van der Waals surface area (Å²) in [5.41, 5.74) is 0.535. The van der Waals surface area contributed by atoms with Crippen molar-refractivity contribution >= 4 is 17.7 Å². The Bertz CT molecular complexity index is 644. The van der Waals surface area contributed by atoms with Crippen molar-refractivity contribution in [3.63, 3.8) is 0 Å². The number of carbonyl (C=O) groups is 3. The molecule has 0 aromatic heterocycles. The second-order valence-corrected chi connectivity index (χ2v) is 6.22. The van der Waals surface area contributed by atoms with Crippen LogP contribution in [-0.2, 0) is 19.1 Å². The second-order valence-electron chi connectivity index (χ2n) is 6.22. The number of nitrogens with zero attached hydrogens (tertiary/aromatic N) is 1. The Morgan fingerprint density at radius 3 is 2.25 bits per heavy atom. The number of hydrogen-bond donors (Lipinski definition) is 0. The number of carbonyl (C=O) groups excluding carboxylic acids is 3. The van der Waals surface area contributed by atoms with Crippen LogP contribution in [-0.4, -0.2) is 55.5 Å². The van der Waals surface area contributed by atoms with Gasteiger partial charge in [-0.3, -0.25) is 19.3 Å². The lowest BCUT2D eigenvalue weighted by Gasteiger charge is -2.24. The van der Waals surface area contributed by atoms with E-state index < -0.39 is 29.8 Å².